The summed E-state index contributed by atoms with van der Waals surface area (Å²) in [7, 11) is 1.89. The number of furan rings is 1. The second-order valence-electron chi connectivity index (χ2n) is 8.71. The smallest absolute Gasteiger partial charge is 0.222 e. The largest absolute Gasteiger partial charge is 0.468 e. The molecule has 1 unspecified atom stereocenters. The van der Waals surface area contributed by atoms with E-state index in [1.165, 1.54) is 0 Å². The van der Waals surface area contributed by atoms with E-state index in [-0.39, 0.29) is 0 Å². The number of ether oxygens (including phenoxy) is 1. The van der Waals surface area contributed by atoms with Crippen LogP contribution in [0.4, 0.5) is 0 Å². The highest BCUT2D eigenvalue weighted by Crippen LogP contribution is 2.34. The third-order valence-electron chi connectivity index (χ3n) is 6.05. The summed E-state index contributed by atoms with van der Waals surface area (Å²) in [5, 5.41) is 15.9. The predicted octanol–water partition coefficient (Wildman–Crippen LogP) is 6.21. The van der Waals surface area contributed by atoms with Gasteiger partial charge in [0, 0.05) is 25.7 Å². The molecule has 2 aromatic heterocycles. The van der Waals surface area contributed by atoms with Crippen molar-refractivity contribution in [2.24, 2.45) is 7.05 Å². The molecular weight excluding hydrogens is 450 g/mol. The zero-order chi connectivity index (χ0) is 24.7. The van der Waals surface area contributed by atoms with Crippen LogP contribution < -0.4 is 4.74 Å². The zero-order valence-corrected chi connectivity index (χ0v) is 20.2. The van der Waals surface area contributed by atoms with Crippen LogP contribution in [-0.4, -0.2) is 26.3 Å². The lowest BCUT2D eigenvalue weighted by Gasteiger charge is -2.25. The standard InChI is InChI=1S/C30H29N3O3/c1-32-30(36-25-16-9-4-10-17-25)27(29(31-32)24-14-7-3-8-15-24)21-33(20-26-18-11-19-35-26)22-28(34)23-12-5-2-6-13-23/h2-19,28,34H,20-22H2,1H3. The van der Waals surface area contributed by atoms with Crippen LogP contribution >= 0.6 is 0 Å². The van der Waals surface area contributed by atoms with Crippen LogP contribution in [0.2, 0.25) is 0 Å². The zero-order valence-electron chi connectivity index (χ0n) is 20.2. The number of nitrogens with zero attached hydrogens (tertiary/aromatic N) is 3. The molecule has 0 aliphatic rings. The first kappa shape index (κ1) is 23.6. The fourth-order valence-electron chi connectivity index (χ4n) is 4.31. The van der Waals surface area contributed by atoms with Crippen LogP contribution in [0.15, 0.2) is 114 Å². The van der Waals surface area contributed by atoms with Gasteiger partial charge in [0.2, 0.25) is 5.88 Å². The number of aromatic nitrogens is 2. The molecule has 36 heavy (non-hydrogen) atoms. The second kappa shape index (κ2) is 11.1. The van der Waals surface area contributed by atoms with Crippen LogP contribution in [-0.2, 0) is 20.1 Å². The van der Waals surface area contributed by atoms with E-state index in [1.807, 2.05) is 110 Å². The third kappa shape index (κ3) is 5.57. The molecule has 0 aliphatic heterocycles. The Labute approximate surface area is 211 Å². The van der Waals surface area contributed by atoms with Crippen molar-refractivity contribution in [3.05, 3.63) is 126 Å². The van der Waals surface area contributed by atoms with Gasteiger partial charge in [-0.15, -0.1) is 0 Å². The van der Waals surface area contributed by atoms with E-state index in [2.05, 4.69) is 4.90 Å². The quantitative estimate of drug-likeness (QED) is 0.258. The number of hydrogen-bond donors (Lipinski definition) is 1. The first-order valence-corrected chi connectivity index (χ1v) is 12.0. The van der Waals surface area contributed by atoms with Crippen molar-refractivity contribution in [3.63, 3.8) is 0 Å². The molecule has 5 aromatic rings. The van der Waals surface area contributed by atoms with Crippen LogP contribution in [0.5, 0.6) is 11.6 Å². The Bertz CT molecular complexity index is 1350. The van der Waals surface area contributed by atoms with Gasteiger partial charge in [0.1, 0.15) is 17.2 Å². The van der Waals surface area contributed by atoms with Gasteiger partial charge in [0.25, 0.3) is 0 Å². The molecule has 1 atom stereocenters. The topological polar surface area (TPSA) is 63.7 Å². The van der Waals surface area contributed by atoms with Crippen molar-refractivity contribution < 1.29 is 14.3 Å². The Morgan fingerprint density at radius 3 is 2.19 bits per heavy atom. The number of aryl methyl sites for hydroxylation is 1. The highest BCUT2D eigenvalue weighted by Gasteiger charge is 2.24. The van der Waals surface area contributed by atoms with Gasteiger partial charge in [-0.1, -0.05) is 78.9 Å². The van der Waals surface area contributed by atoms with Gasteiger partial charge >= 0.3 is 0 Å². The van der Waals surface area contributed by atoms with E-state index < -0.39 is 6.10 Å². The molecule has 6 nitrogen and oxygen atoms in total. The van der Waals surface area contributed by atoms with Gasteiger partial charge < -0.3 is 14.3 Å². The Balaban J connectivity index is 1.52. The predicted molar refractivity (Wildman–Crippen MR) is 139 cm³/mol. The highest BCUT2D eigenvalue weighted by molar-refractivity contribution is 5.65. The van der Waals surface area contributed by atoms with Crippen molar-refractivity contribution >= 4 is 0 Å². The molecule has 0 radical (unpaired) electrons. The van der Waals surface area contributed by atoms with Crippen LogP contribution in [0.1, 0.15) is 23.0 Å². The number of hydrogen-bond acceptors (Lipinski definition) is 5. The maximum atomic E-state index is 11.1. The van der Waals surface area contributed by atoms with Gasteiger partial charge in [-0.3, -0.25) is 4.90 Å². The Kier molecular flexibility index (Phi) is 7.26. The Morgan fingerprint density at radius 1 is 0.861 bits per heavy atom. The molecule has 0 saturated heterocycles. The summed E-state index contributed by atoms with van der Waals surface area (Å²) in [6, 6.07) is 33.4. The van der Waals surface area contributed by atoms with Gasteiger partial charge in [-0.2, -0.15) is 5.10 Å². The molecule has 0 saturated carbocycles. The summed E-state index contributed by atoms with van der Waals surface area (Å²) < 4.78 is 13.8. The van der Waals surface area contributed by atoms with Gasteiger partial charge in [-0.05, 0) is 29.8 Å². The molecule has 1 N–H and O–H groups in total. The maximum absolute atomic E-state index is 11.1. The molecular formula is C30H29N3O3. The first-order chi connectivity index (χ1) is 17.7. The normalized spacial score (nSPS) is 12.1. The lowest BCUT2D eigenvalue weighted by molar-refractivity contribution is 0.100. The van der Waals surface area contributed by atoms with E-state index in [9.17, 15) is 5.11 Å². The molecule has 182 valence electrons. The molecule has 5 rings (SSSR count). The van der Waals surface area contributed by atoms with Crippen molar-refractivity contribution in [2.75, 3.05) is 6.54 Å². The second-order valence-corrected chi connectivity index (χ2v) is 8.71. The van der Waals surface area contributed by atoms with Gasteiger partial charge in [-0.25, -0.2) is 4.68 Å². The molecule has 6 heteroatoms. The number of para-hydroxylation sites is 1. The number of aliphatic hydroxyl groups is 1. The van der Waals surface area contributed by atoms with Crippen molar-refractivity contribution in [3.8, 4) is 22.9 Å². The first-order valence-electron chi connectivity index (χ1n) is 12.0. The fourth-order valence-corrected chi connectivity index (χ4v) is 4.31. The molecule has 0 aliphatic carbocycles. The summed E-state index contributed by atoms with van der Waals surface area (Å²) in [5.41, 5.74) is 3.67. The maximum Gasteiger partial charge on any atom is 0.222 e. The number of rotatable bonds is 10. The highest BCUT2D eigenvalue weighted by atomic mass is 16.5. The average molecular weight is 480 g/mol. The van der Waals surface area contributed by atoms with Crippen LogP contribution in [0.3, 0.4) is 0 Å². The van der Waals surface area contributed by atoms with Gasteiger partial charge in [0.15, 0.2) is 0 Å². The Hall–Kier alpha value is -4.13. The molecule has 0 amide bonds. The summed E-state index contributed by atoms with van der Waals surface area (Å²) in [5.74, 6) is 2.23. The molecule has 3 aromatic carbocycles. The lowest BCUT2D eigenvalue weighted by atomic mass is 10.1. The van der Waals surface area contributed by atoms with Crippen LogP contribution in [0, 0.1) is 0 Å². The van der Waals surface area contributed by atoms with E-state index >= 15 is 0 Å². The molecule has 0 spiro atoms. The Morgan fingerprint density at radius 2 is 1.53 bits per heavy atom. The third-order valence-corrected chi connectivity index (χ3v) is 6.05. The minimum Gasteiger partial charge on any atom is -0.468 e. The van der Waals surface area contributed by atoms with E-state index in [0.29, 0.717) is 25.5 Å². The SMILES string of the molecule is Cn1nc(-c2ccccc2)c(CN(Cc2ccco2)CC(O)c2ccccc2)c1Oc1ccccc1. The molecule has 0 bridgehead atoms. The van der Waals surface area contributed by atoms with Crippen molar-refractivity contribution in [1.82, 2.24) is 14.7 Å². The van der Waals surface area contributed by atoms with Gasteiger partial charge in [0.05, 0.1) is 24.5 Å². The minimum atomic E-state index is -0.656. The van der Waals surface area contributed by atoms with E-state index in [0.717, 1.165) is 33.9 Å². The fraction of sp³-hybridized carbons (Fsp3) is 0.167. The minimum absolute atomic E-state index is 0.415. The van der Waals surface area contributed by atoms with Crippen LogP contribution in [0.25, 0.3) is 11.3 Å². The summed E-state index contributed by atoms with van der Waals surface area (Å²) in [6.45, 7) is 1.45. The summed E-state index contributed by atoms with van der Waals surface area (Å²) in [4.78, 5) is 2.16. The summed E-state index contributed by atoms with van der Waals surface area (Å²) in [6.07, 6.45) is 1.02. The molecule has 0 fully saturated rings. The average Bonchev–Trinajstić information content (AvgIpc) is 3.54. The number of aliphatic hydroxyl groups excluding tert-OH is 1. The number of benzene rings is 3. The molecule has 2 heterocycles. The summed E-state index contributed by atoms with van der Waals surface area (Å²) >= 11 is 0. The van der Waals surface area contributed by atoms with Crippen molar-refractivity contribution in [1.29, 1.82) is 0 Å². The van der Waals surface area contributed by atoms with E-state index in [4.69, 9.17) is 14.3 Å². The van der Waals surface area contributed by atoms with E-state index in [1.54, 1.807) is 10.9 Å². The lowest BCUT2D eigenvalue weighted by Crippen LogP contribution is -2.28. The van der Waals surface area contributed by atoms with Crippen molar-refractivity contribution in [2.45, 2.75) is 19.2 Å². The monoisotopic (exact) mass is 479 g/mol.